The number of piperidine rings is 1. The van der Waals surface area contributed by atoms with Gasteiger partial charge in [-0.15, -0.1) is 0 Å². The molecule has 1 N–H and O–H groups in total. The first-order valence-electron chi connectivity index (χ1n) is 13.1. The molecule has 1 aliphatic rings. The number of pyridine rings is 2. The standard InChI is InChI=1S/C30H32N6O3/c1-21-5-12-27(32-19-21)39-30(2,3)29(38)34-25-9-6-22(7-10-25)23-13-17-35(18-14-23)28(37)24-8-11-26(31-20-24)36-16-4-15-33-36/h4-12,15-16,19-20,23H,13-14,17-18H2,1-3H3,(H,34,38). The molecule has 0 saturated carbocycles. The molecular formula is C30H32N6O3. The van der Waals surface area contributed by atoms with Crippen molar-refractivity contribution in [2.75, 3.05) is 18.4 Å². The molecule has 0 atom stereocenters. The van der Waals surface area contributed by atoms with E-state index in [1.54, 1.807) is 55.3 Å². The third-order valence-corrected chi connectivity index (χ3v) is 6.95. The van der Waals surface area contributed by atoms with Crippen LogP contribution in [0.4, 0.5) is 5.69 Å². The molecule has 2 amide bonds. The van der Waals surface area contributed by atoms with Crippen LogP contribution in [0.25, 0.3) is 5.82 Å². The third-order valence-electron chi connectivity index (χ3n) is 6.95. The lowest BCUT2D eigenvalue weighted by Gasteiger charge is -2.32. The lowest BCUT2D eigenvalue weighted by Crippen LogP contribution is -2.42. The highest BCUT2D eigenvalue weighted by atomic mass is 16.5. The number of benzene rings is 1. The molecule has 9 nitrogen and oxygen atoms in total. The van der Waals surface area contributed by atoms with E-state index in [0.29, 0.717) is 42.0 Å². The van der Waals surface area contributed by atoms with Crippen LogP contribution < -0.4 is 10.1 Å². The lowest BCUT2D eigenvalue weighted by atomic mass is 9.89. The Morgan fingerprint density at radius 3 is 2.36 bits per heavy atom. The van der Waals surface area contributed by atoms with E-state index in [1.165, 1.54) is 5.56 Å². The Morgan fingerprint density at radius 1 is 0.974 bits per heavy atom. The molecule has 0 spiro atoms. The van der Waals surface area contributed by atoms with Crippen molar-refractivity contribution in [3.05, 3.63) is 96.1 Å². The van der Waals surface area contributed by atoms with Gasteiger partial charge in [0.25, 0.3) is 11.8 Å². The normalized spacial score (nSPS) is 14.2. The van der Waals surface area contributed by atoms with Crippen molar-refractivity contribution in [2.45, 2.75) is 45.1 Å². The van der Waals surface area contributed by atoms with Crippen LogP contribution in [0.3, 0.4) is 0 Å². The van der Waals surface area contributed by atoms with Crippen molar-refractivity contribution in [2.24, 2.45) is 0 Å². The van der Waals surface area contributed by atoms with Crippen LogP contribution in [0.2, 0.25) is 0 Å². The zero-order valence-corrected chi connectivity index (χ0v) is 22.4. The summed E-state index contributed by atoms with van der Waals surface area (Å²) < 4.78 is 7.49. The summed E-state index contributed by atoms with van der Waals surface area (Å²) in [5, 5.41) is 7.11. The monoisotopic (exact) mass is 524 g/mol. The van der Waals surface area contributed by atoms with E-state index in [4.69, 9.17) is 4.74 Å². The minimum absolute atomic E-state index is 0.00306. The highest BCUT2D eigenvalue weighted by molar-refractivity contribution is 5.97. The molecule has 4 heterocycles. The van der Waals surface area contributed by atoms with Gasteiger partial charge in [0.1, 0.15) is 0 Å². The van der Waals surface area contributed by atoms with Gasteiger partial charge in [0.05, 0.1) is 5.56 Å². The number of nitrogens with one attached hydrogen (secondary N) is 1. The Labute approximate surface area is 227 Å². The third kappa shape index (κ3) is 6.14. The van der Waals surface area contributed by atoms with E-state index >= 15 is 0 Å². The number of carbonyl (C=O) groups is 2. The van der Waals surface area contributed by atoms with Crippen LogP contribution in [0.5, 0.6) is 5.88 Å². The van der Waals surface area contributed by atoms with Gasteiger partial charge in [-0.1, -0.05) is 18.2 Å². The Kier molecular flexibility index (Phi) is 7.40. The van der Waals surface area contributed by atoms with Crippen molar-refractivity contribution in [1.29, 1.82) is 0 Å². The van der Waals surface area contributed by atoms with Gasteiger partial charge in [-0.25, -0.2) is 14.6 Å². The molecule has 0 unspecified atom stereocenters. The second kappa shape index (κ2) is 11.1. The summed E-state index contributed by atoms with van der Waals surface area (Å²) in [6.07, 6.45) is 8.58. The molecule has 0 radical (unpaired) electrons. The molecule has 4 aromatic rings. The Balaban J connectivity index is 1.13. The minimum atomic E-state index is -1.09. The van der Waals surface area contributed by atoms with Crippen molar-refractivity contribution >= 4 is 17.5 Å². The Bertz CT molecular complexity index is 1410. The number of hydrogen-bond acceptors (Lipinski definition) is 6. The predicted octanol–water partition coefficient (Wildman–Crippen LogP) is 4.79. The predicted molar refractivity (Wildman–Crippen MR) is 148 cm³/mol. The van der Waals surface area contributed by atoms with Gasteiger partial charge >= 0.3 is 0 Å². The van der Waals surface area contributed by atoms with Crippen molar-refractivity contribution in [3.8, 4) is 11.7 Å². The average Bonchev–Trinajstić information content (AvgIpc) is 3.50. The summed E-state index contributed by atoms with van der Waals surface area (Å²) in [4.78, 5) is 36.4. The zero-order chi connectivity index (χ0) is 27.4. The maximum Gasteiger partial charge on any atom is 0.268 e. The van der Waals surface area contributed by atoms with E-state index in [-0.39, 0.29) is 11.8 Å². The first-order chi connectivity index (χ1) is 18.8. The summed E-state index contributed by atoms with van der Waals surface area (Å²) in [7, 11) is 0. The van der Waals surface area contributed by atoms with Gasteiger partial charge in [0, 0.05) is 49.6 Å². The molecule has 39 heavy (non-hydrogen) atoms. The van der Waals surface area contributed by atoms with E-state index in [0.717, 1.165) is 18.4 Å². The maximum atomic E-state index is 13.0. The van der Waals surface area contributed by atoms with Crippen LogP contribution in [-0.2, 0) is 4.79 Å². The van der Waals surface area contributed by atoms with Crippen molar-refractivity contribution < 1.29 is 14.3 Å². The fraction of sp³-hybridized carbons (Fsp3) is 0.300. The van der Waals surface area contributed by atoms with E-state index < -0.39 is 5.60 Å². The summed E-state index contributed by atoms with van der Waals surface area (Å²) in [5.74, 6) is 1.18. The number of amides is 2. The van der Waals surface area contributed by atoms with Crippen LogP contribution in [0.15, 0.2) is 79.4 Å². The van der Waals surface area contributed by atoms with Gasteiger partial charge in [-0.2, -0.15) is 5.10 Å². The highest BCUT2D eigenvalue weighted by Crippen LogP contribution is 2.30. The second-order valence-electron chi connectivity index (χ2n) is 10.3. The van der Waals surface area contributed by atoms with Crippen LogP contribution >= 0.6 is 0 Å². The number of rotatable bonds is 7. The maximum absolute atomic E-state index is 13.0. The smallest absolute Gasteiger partial charge is 0.268 e. The van der Waals surface area contributed by atoms with E-state index in [2.05, 4.69) is 20.4 Å². The molecule has 5 rings (SSSR count). The summed E-state index contributed by atoms with van der Waals surface area (Å²) in [5.41, 5.74) is 2.42. The fourth-order valence-corrected chi connectivity index (χ4v) is 4.59. The van der Waals surface area contributed by atoms with Gasteiger partial charge in [-0.05, 0) is 81.0 Å². The number of aromatic nitrogens is 4. The van der Waals surface area contributed by atoms with E-state index in [9.17, 15) is 9.59 Å². The molecule has 1 fully saturated rings. The molecule has 3 aromatic heterocycles. The van der Waals surface area contributed by atoms with Gasteiger partial charge in [-0.3, -0.25) is 9.59 Å². The molecular weight excluding hydrogens is 492 g/mol. The number of carbonyl (C=O) groups excluding carboxylic acids is 2. The number of hydrogen-bond donors (Lipinski definition) is 1. The summed E-state index contributed by atoms with van der Waals surface area (Å²) >= 11 is 0. The van der Waals surface area contributed by atoms with Crippen LogP contribution in [0.1, 0.15) is 54.1 Å². The van der Waals surface area contributed by atoms with Gasteiger partial charge in [0.15, 0.2) is 11.4 Å². The number of aryl methyl sites for hydroxylation is 1. The van der Waals surface area contributed by atoms with Crippen LogP contribution in [-0.4, -0.2) is 55.2 Å². The number of ether oxygens (including phenoxy) is 1. The zero-order valence-electron chi connectivity index (χ0n) is 22.4. The largest absolute Gasteiger partial charge is 0.462 e. The first-order valence-corrected chi connectivity index (χ1v) is 13.1. The highest BCUT2D eigenvalue weighted by Gasteiger charge is 2.31. The molecule has 0 bridgehead atoms. The Hall–Kier alpha value is -4.53. The lowest BCUT2D eigenvalue weighted by molar-refractivity contribution is -0.128. The second-order valence-corrected chi connectivity index (χ2v) is 10.3. The van der Waals surface area contributed by atoms with Gasteiger partial charge in [0.2, 0.25) is 5.88 Å². The molecule has 1 saturated heterocycles. The number of anilines is 1. The molecule has 1 aromatic carbocycles. The summed E-state index contributed by atoms with van der Waals surface area (Å²) in [6.45, 7) is 6.75. The SMILES string of the molecule is Cc1ccc(OC(C)(C)C(=O)Nc2ccc(C3CCN(C(=O)c4ccc(-n5cccn5)nc4)CC3)cc2)nc1. The van der Waals surface area contributed by atoms with Crippen molar-refractivity contribution in [1.82, 2.24) is 24.6 Å². The first kappa shape index (κ1) is 26.1. The number of likely N-dealkylation sites (tertiary alicyclic amines) is 1. The summed E-state index contributed by atoms with van der Waals surface area (Å²) in [6, 6.07) is 17.0. The molecule has 1 aliphatic heterocycles. The fourth-order valence-electron chi connectivity index (χ4n) is 4.59. The molecule has 0 aliphatic carbocycles. The molecule has 200 valence electrons. The topological polar surface area (TPSA) is 102 Å². The van der Waals surface area contributed by atoms with Gasteiger partial charge < -0.3 is 15.0 Å². The average molecular weight is 525 g/mol. The number of nitrogens with zero attached hydrogens (tertiary/aromatic N) is 5. The Morgan fingerprint density at radius 2 is 1.74 bits per heavy atom. The minimum Gasteiger partial charge on any atom is -0.462 e. The van der Waals surface area contributed by atoms with Crippen LogP contribution in [0, 0.1) is 6.92 Å². The van der Waals surface area contributed by atoms with E-state index in [1.807, 2.05) is 54.4 Å². The molecule has 9 heteroatoms. The quantitative estimate of drug-likeness (QED) is 0.373. The van der Waals surface area contributed by atoms with Crippen molar-refractivity contribution in [3.63, 3.8) is 0 Å².